The minimum absolute atomic E-state index is 0.000191. The molecule has 0 saturated heterocycles. The quantitative estimate of drug-likeness (QED) is 0.770. The summed E-state index contributed by atoms with van der Waals surface area (Å²) < 4.78 is 0. The maximum absolute atomic E-state index is 10.8. The van der Waals surface area contributed by atoms with Gasteiger partial charge in [0, 0.05) is 5.69 Å². The molecule has 0 fully saturated rings. The molecule has 1 aromatic rings. The van der Waals surface area contributed by atoms with Gasteiger partial charge in [0.2, 0.25) is 0 Å². The fraction of sp³-hybridized carbons (Fsp3) is 0.364. The first-order valence-electron chi connectivity index (χ1n) is 4.63. The molecule has 3 heteroatoms. The number of carbonyl (C=O) groups is 1. The number of para-hydroxylation sites is 1. The molecule has 0 aliphatic rings. The van der Waals surface area contributed by atoms with E-state index in [-0.39, 0.29) is 5.92 Å². The Balaban J connectivity index is 2.70. The zero-order valence-electron chi connectivity index (χ0n) is 8.36. The Labute approximate surface area is 83.8 Å². The van der Waals surface area contributed by atoms with Crippen LogP contribution >= 0.6 is 0 Å². The molecule has 1 atom stereocenters. The fourth-order valence-corrected chi connectivity index (χ4v) is 1.21. The number of hydrogen-bond acceptors (Lipinski definition) is 3. The minimum atomic E-state index is -1.07. The Morgan fingerprint density at radius 2 is 1.86 bits per heavy atom. The van der Waals surface area contributed by atoms with Gasteiger partial charge < -0.3 is 15.2 Å². The highest BCUT2D eigenvalue weighted by Gasteiger charge is 2.13. The molecule has 0 heterocycles. The highest BCUT2D eigenvalue weighted by atomic mass is 16.4. The van der Waals surface area contributed by atoms with E-state index in [1.807, 2.05) is 44.2 Å². The number of hydrogen-bond donors (Lipinski definition) is 1. The third-order valence-electron chi connectivity index (χ3n) is 2.02. The van der Waals surface area contributed by atoms with E-state index in [1.54, 1.807) is 0 Å². The lowest BCUT2D eigenvalue weighted by molar-refractivity contribution is -0.307. The average molecular weight is 192 g/mol. The van der Waals surface area contributed by atoms with E-state index in [0.29, 0.717) is 0 Å². The molecular weight excluding hydrogens is 178 g/mol. The van der Waals surface area contributed by atoms with Crippen LogP contribution in [0.15, 0.2) is 30.3 Å². The molecule has 1 aromatic carbocycles. The van der Waals surface area contributed by atoms with E-state index in [1.165, 1.54) is 0 Å². The first-order valence-corrected chi connectivity index (χ1v) is 4.63. The van der Waals surface area contributed by atoms with Gasteiger partial charge in [-0.2, -0.15) is 0 Å². The molecule has 1 N–H and O–H groups in total. The number of aliphatic carboxylic acids is 1. The second-order valence-electron chi connectivity index (χ2n) is 3.55. The Morgan fingerprint density at radius 3 is 2.29 bits per heavy atom. The molecule has 0 aliphatic carbocycles. The lowest BCUT2D eigenvalue weighted by Gasteiger charge is -2.24. The summed E-state index contributed by atoms with van der Waals surface area (Å²) in [6.07, 6.45) is 0. The molecule has 0 spiro atoms. The Kier molecular flexibility index (Phi) is 3.51. The van der Waals surface area contributed by atoms with Crippen LogP contribution in [0.25, 0.3) is 0 Å². The second-order valence-corrected chi connectivity index (χ2v) is 3.55. The van der Waals surface area contributed by atoms with Crippen LogP contribution in [0.4, 0.5) is 5.69 Å². The van der Waals surface area contributed by atoms with Gasteiger partial charge in [0.05, 0.1) is 12.0 Å². The number of rotatable bonds is 4. The van der Waals surface area contributed by atoms with E-state index < -0.39 is 12.0 Å². The number of carboxylic acids is 1. The lowest BCUT2D eigenvalue weighted by Crippen LogP contribution is -2.44. The van der Waals surface area contributed by atoms with Crippen LogP contribution in [0.3, 0.4) is 0 Å². The average Bonchev–Trinajstić information content (AvgIpc) is 2.15. The maximum Gasteiger partial charge on any atom is 0.0681 e. The van der Waals surface area contributed by atoms with Gasteiger partial charge in [-0.05, 0) is 18.1 Å². The van der Waals surface area contributed by atoms with Crippen LogP contribution < -0.4 is 10.4 Å². The topological polar surface area (TPSA) is 52.2 Å². The summed E-state index contributed by atoms with van der Waals surface area (Å²) in [6.45, 7) is 3.69. The predicted molar refractivity (Wildman–Crippen MR) is 53.7 cm³/mol. The number of carboxylic acid groups (broad SMARTS) is 1. The van der Waals surface area contributed by atoms with Crippen molar-refractivity contribution in [1.29, 1.82) is 0 Å². The summed E-state index contributed by atoms with van der Waals surface area (Å²) in [7, 11) is 0. The summed E-state index contributed by atoms with van der Waals surface area (Å²) in [5.41, 5.74) is 0.801. The molecule has 0 aromatic heterocycles. The molecule has 0 bridgehead atoms. The van der Waals surface area contributed by atoms with E-state index in [9.17, 15) is 9.90 Å². The van der Waals surface area contributed by atoms with Crippen LogP contribution in [-0.2, 0) is 4.79 Å². The summed E-state index contributed by atoms with van der Waals surface area (Å²) in [6, 6.07) is 8.62. The molecule has 3 nitrogen and oxygen atoms in total. The highest BCUT2D eigenvalue weighted by Crippen LogP contribution is 2.11. The largest absolute Gasteiger partial charge is 0.548 e. The van der Waals surface area contributed by atoms with E-state index >= 15 is 0 Å². The Bertz CT molecular complexity index is 295. The second kappa shape index (κ2) is 4.65. The number of benzene rings is 1. The zero-order valence-corrected chi connectivity index (χ0v) is 8.36. The van der Waals surface area contributed by atoms with Crippen molar-refractivity contribution >= 4 is 11.7 Å². The maximum atomic E-state index is 10.8. The van der Waals surface area contributed by atoms with E-state index in [0.717, 1.165) is 5.69 Å². The van der Waals surface area contributed by atoms with Gasteiger partial charge in [-0.3, -0.25) is 0 Å². The summed E-state index contributed by atoms with van der Waals surface area (Å²) in [5.74, 6) is -1.07. The van der Waals surface area contributed by atoms with Crippen LogP contribution in [0.1, 0.15) is 13.8 Å². The minimum Gasteiger partial charge on any atom is -0.548 e. The van der Waals surface area contributed by atoms with Gasteiger partial charge in [-0.15, -0.1) is 0 Å². The van der Waals surface area contributed by atoms with Crippen LogP contribution in [0, 0.1) is 5.92 Å². The van der Waals surface area contributed by atoms with Gasteiger partial charge >= 0.3 is 0 Å². The summed E-state index contributed by atoms with van der Waals surface area (Å²) in [4.78, 5) is 10.8. The first-order chi connectivity index (χ1) is 6.61. The van der Waals surface area contributed by atoms with Crippen molar-refractivity contribution < 1.29 is 9.90 Å². The molecule has 76 valence electrons. The van der Waals surface area contributed by atoms with Crippen molar-refractivity contribution in [2.75, 3.05) is 5.32 Å². The standard InChI is InChI=1S/C11H15NO2/c1-8(2)10(11(13)14)12-9-6-4-3-5-7-9/h3-8,10,12H,1-2H3,(H,13,14)/p-1/t10-/m0/s1. The van der Waals surface area contributed by atoms with Gasteiger partial charge in [-0.1, -0.05) is 32.0 Å². The van der Waals surface area contributed by atoms with Crippen molar-refractivity contribution in [3.63, 3.8) is 0 Å². The molecule has 1 rings (SSSR count). The fourth-order valence-electron chi connectivity index (χ4n) is 1.21. The van der Waals surface area contributed by atoms with Crippen molar-refractivity contribution in [1.82, 2.24) is 0 Å². The molecular formula is C11H14NO2-. The number of anilines is 1. The molecule has 0 aliphatic heterocycles. The Morgan fingerprint density at radius 1 is 1.29 bits per heavy atom. The monoisotopic (exact) mass is 192 g/mol. The summed E-state index contributed by atoms with van der Waals surface area (Å²) >= 11 is 0. The van der Waals surface area contributed by atoms with Crippen molar-refractivity contribution in [3.8, 4) is 0 Å². The van der Waals surface area contributed by atoms with Crippen LogP contribution in [0.2, 0.25) is 0 Å². The van der Waals surface area contributed by atoms with Crippen molar-refractivity contribution in [2.45, 2.75) is 19.9 Å². The third kappa shape index (κ3) is 2.76. The highest BCUT2D eigenvalue weighted by molar-refractivity contribution is 5.75. The zero-order chi connectivity index (χ0) is 10.6. The third-order valence-corrected chi connectivity index (χ3v) is 2.02. The van der Waals surface area contributed by atoms with E-state index in [2.05, 4.69) is 5.32 Å². The molecule has 0 unspecified atom stereocenters. The van der Waals surface area contributed by atoms with Gasteiger partial charge in [0.15, 0.2) is 0 Å². The SMILES string of the molecule is CC(C)[C@H](Nc1ccccc1)C(=O)[O-]. The first kappa shape index (κ1) is 10.6. The smallest absolute Gasteiger partial charge is 0.0681 e. The lowest BCUT2D eigenvalue weighted by atomic mass is 10.0. The van der Waals surface area contributed by atoms with Gasteiger partial charge in [0.25, 0.3) is 0 Å². The molecule has 0 amide bonds. The van der Waals surface area contributed by atoms with Gasteiger partial charge in [-0.25, -0.2) is 0 Å². The van der Waals surface area contributed by atoms with Crippen molar-refractivity contribution in [2.24, 2.45) is 5.92 Å². The van der Waals surface area contributed by atoms with Crippen molar-refractivity contribution in [3.05, 3.63) is 30.3 Å². The Hall–Kier alpha value is -1.51. The van der Waals surface area contributed by atoms with Crippen LogP contribution in [0.5, 0.6) is 0 Å². The molecule has 14 heavy (non-hydrogen) atoms. The summed E-state index contributed by atoms with van der Waals surface area (Å²) in [5, 5.41) is 13.7. The molecule has 0 radical (unpaired) electrons. The number of nitrogens with one attached hydrogen (secondary N) is 1. The van der Waals surface area contributed by atoms with E-state index in [4.69, 9.17) is 0 Å². The van der Waals surface area contributed by atoms with Gasteiger partial charge in [0.1, 0.15) is 0 Å². The number of carbonyl (C=O) groups excluding carboxylic acids is 1. The van der Waals surface area contributed by atoms with Crippen LogP contribution in [-0.4, -0.2) is 12.0 Å². The predicted octanol–water partition coefficient (Wildman–Crippen LogP) is 0.873. The normalized spacial score (nSPS) is 12.5. The molecule has 0 saturated carbocycles.